The summed E-state index contributed by atoms with van der Waals surface area (Å²) in [5, 5.41) is 4.48. The second-order valence-electron chi connectivity index (χ2n) is 19.1. The van der Waals surface area contributed by atoms with Crippen molar-refractivity contribution in [2.75, 3.05) is 9.80 Å². The molecule has 348 valence electrons. The van der Waals surface area contributed by atoms with E-state index in [1.807, 2.05) is 59.2 Å². The van der Waals surface area contributed by atoms with Gasteiger partial charge in [-0.25, -0.2) is 4.98 Å². The first-order chi connectivity index (χ1) is 33.4. The summed E-state index contributed by atoms with van der Waals surface area (Å²) in [5.41, 5.74) is 14.3. The van der Waals surface area contributed by atoms with Crippen LogP contribution in [-0.4, -0.2) is 34.1 Å². The minimum atomic E-state index is -0.0432. The van der Waals surface area contributed by atoms with Crippen LogP contribution in [0.5, 0.6) is 11.5 Å². The molecule has 0 atom stereocenters. The van der Waals surface area contributed by atoms with E-state index in [9.17, 15) is 0 Å². The SMILES string of the molecule is Cc1cc(C)c(-c2nc(N3[CH-]N(c4[c-]c(Oc5[c-]c6c(cc5)c5ccccc5n6-c5cc(C(C)(C)C)ccn5)ccc4)c4cnccc43)nc(-n3c4c(C)cccc4c4cccc(C)c43)n2)c(C)c1.[Pt]. The molecule has 0 aliphatic carbocycles. The molecule has 0 saturated heterocycles. The Morgan fingerprint density at radius 1 is 0.571 bits per heavy atom. The van der Waals surface area contributed by atoms with E-state index in [0.29, 0.717) is 29.2 Å². The van der Waals surface area contributed by atoms with Crippen molar-refractivity contribution in [3.05, 3.63) is 192 Å². The Bertz CT molecular complexity index is 3800. The Kier molecular flexibility index (Phi) is 10.9. The Morgan fingerprint density at radius 3 is 2.00 bits per heavy atom. The molecule has 70 heavy (non-hydrogen) atoms. The fourth-order valence-corrected chi connectivity index (χ4v) is 10.2. The third-order valence-electron chi connectivity index (χ3n) is 13.3. The van der Waals surface area contributed by atoms with Crippen LogP contribution in [0.2, 0.25) is 0 Å². The monoisotopic (exact) mass is 1090 g/mol. The number of hydrogen-bond donors (Lipinski definition) is 0. The van der Waals surface area contributed by atoms with Gasteiger partial charge < -0.3 is 19.1 Å². The number of aryl methyl sites for hydroxylation is 5. The van der Waals surface area contributed by atoms with Gasteiger partial charge in [-0.1, -0.05) is 98.6 Å². The summed E-state index contributed by atoms with van der Waals surface area (Å²) >= 11 is 0. The third-order valence-corrected chi connectivity index (χ3v) is 13.3. The van der Waals surface area contributed by atoms with Crippen molar-refractivity contribution in [3.63, 3.8) is 0 Å². The second kappa shape index (κ2) is 17.1. The molecule has 0 spiro atoms. The summed E-state index contributed by atoms with van der Waals surface area (Å²) in [4.78, 5) is 29.5. The quantitative estimate of drug-likeness (QED) is 0.146. The van der Waals surface area contributed by atoms with Gasteiger partial charge in [-0.2, -0.15) is 27.1 Å². The second-order valence-corrected chi connectivity index (χ2v) is 19.1. The van der Waals surface area contributed by atoms with Crippen molar-refractivity contribution < 1.29 is 25.8 Å². The van der Waals surface area contributed by atoms with E-state index in [4.69, 9.17) is 24.7 Å². The molecular formula is C59H48N9OPt-3. The molecule has 11 heteroatoms. The van der Waals surface area contributed by atoms with Crippen LogP contribution in [0, 0.1) is 53.4 Å². The average Bonchev–Trinajstić information content (AvgIpc) is 4.00. The molecule has 0 radical (unpaired) electrons. The molecule has 0 fully saturated rings. The molecular weight excluding hydrogens is 1050 g/mol. The van der Waals surface area contributed by atoms with E-state index in [2.05, 4.69) is 173 Å². The third kappa shape index (κ3) is 7.40. The number of rotatable bonds is 7. The fourth-order valence-electron chi connectivity index (χ4n) is 10.2. The number of hydrogen-bond acceptors (Lipinski definition) is 8. The molecule has 0 amide bonds. The Morgan fingerprint density at radius 2 is 1.26 bits per heavy atom. The summed E-state index contributed by atoms with van der Waals surface area (Å²) in [5.74, 6) is 3.52. The van der Waals surface area contributed by atoms with Crippen molar-refractivity contribution in [1.82, 2.24) is 34.1 Å². The smallest absolute Gasteiger partial charge is 0.239 e. The molecule has 0 bridgehead atoms. The maximum absolute atomic E-state index is 6.64. The number of anilines is 4. The normalized spacial score (nSPS) is 12.6. The number of ether oxygens (including phenoxy) is 1. The van der Waals surface area contributed by atoms with Gasteiger partial charge in [0.1, 0.15) is 5.82 Å². The molecule has 11 aromatic rings. The van der Waals surface area contributed by atoms with Crippen LogP contribution in [0.15, 0.2) is 140 Å². The number of benzene rings is 6. The molecule has 5 aromatic heterocycles. The number of para-hydroxylation sites is 3. The van der Waals surface area contributed by atoms with Gasteiger partial charge in [0.15, 0.2) is 5.82 Å². The zero-order chi connectivity index (χ0) is 47.3. The van der Waals surface area contributed by atoms with Gasteiger partial charge in [0, 0.05) is 78.7 Å². The summed E-state index contributed by atoms with van der Waals surface area (Å²) in [7, 11) is 0. The average molecular weight is 1090 g/mol. The predicted molar refractivity (Wildman–Crippen MR) is 278 cm³/mol. The minimum Gasteiger partial charge on any atom is -0.509 e. The van der Waals surface area contributed by atoms with Gasteiger partial charge in [0.2, 0.25) is 11.9 Å². The standard InChI is InChI=1S/C59H48N9O.Pt/c1-35-28-38(4)53(39(5)29-35)56-62-57(64-58(63-56)68-54-36(2)14-11-19-46(54)47-20-12-15-37(3)55(47)68)66-34-65(51-33-60-26-25-49(51)66)41-16-13-17-42(31-41)69-43-22-23-45-44-18-9-10-21-48(44)67(50(45)32-43)52-30-40(24-27-61-52)59(6,7)8;/h9-30,33-34H,1-8H3;/q-3;. The van der Waals surface area contributed by atoms with Gasteiger partial charge in [-0.15, -0.1) is 48.1 Å². The largest absolute Gasteiger partial charge is 0.509 e. The van der Waals surface area contributed by atoms with Crippen LogP contribution in [-0.2, 0) is 26.5 Å². The van der Waals surface area contributed by atoms with E-state index in [1.54, 1.807) is 6.20 Å². The van der Waals surface area contributed by atoms with Crippen molar-refractivity contribution in [2.24, 2.45) is 0 Å². The van der Waals surface area contributed by atoms with Crippen LogP contribution in [0.4, 0.5) is 23.0 Å². The molecule has 10 nitrogen and oxygen atoms in total. The first-order valence-corrected chi connectivity index (χ1v) is 23.2. The first kappa shape index (κ1) is 44.8. The van der Waals surface area contributed by atoms with Crippen molar-refractivity contribution in [3.8, 4) is 34.7 Å². The van der Waals surface area contributed by atoms with Crippen molar-refractivity contribution in [1.29, 1.82) is 0 Å². The molecule has 6 heterocycles. The molecule has 1 aliphatic heterocycles. The van der Waals surface area contributed by atoms with Crippen LogP contribution >= 0.6 is 0 Å². The zero-order valence-electron chi connectivity index (χ0n) is 40.1. The van der Waals surface area contributed by atoms with E-state index in [1.165, 1.54) is 11.1 Å². The molecule has 6 aromatic carbocycles. The molecule has 12 rings (SSSR count). The Hall–Kier alpha value is -7.68. The summed E-state index contributed by atoms with van der Waals surface area (Å²) in [6.07, 6.45) is 5.54. The molecule has 0 N–H and O–H groups in total. The van der Waals surface area contributed by atoms with Gasteiger partial charge in [0.05, 0.1) is 16.7 Å². The van der Waals surface area contributed by atoms with Crippen molar-refractivity contribution >= 4 is 66.6 Å². The Balaban J connectivity index is 0.00000533. The number of pyridine rings is 2. The van der Waals surface area contributed by atoms with E-state index in [-0.39, 0.29) is 26.5 Å². The van der Waals surface area contributed by atoms with E-state index >= 15 is 0 Å². The van der Waals surface area contributed by atoms with E-state index < -0.39 is 0 Å². The zero-order valence-corrected chi connectivity index (χ0v) is 42.4. The molecule has 0 saturated carbocycles. The molecule has 0 unspecified atom stereocenters. The molecule has 1 aliphatic rings. The fraction of sp³-hybridized carbons (Fsp3) is 0.153. The minimum absolute atomic E-state index is 0. The van der Waals surface area contributed by atoms with Gasteiger partial charge in [-0.05, 0) is 97.5 Å². The number of nitrogens with zero attached hydrogens (tertiary/aromatic N) is 9. The van der Waals surface area contributed by atoms with Gasteiger partial charge in [-0.3, -0.25) is 9.55 Å². The topological polar surface area (TPSA) is 90.0 Å². The van der Waals surface area contributed by atoms with E-state index in [0.717, 1.165) is 94.3 Å². The first-order valence-electron chi connectivity index (χ1n) is 23.2. The van der Waals surface area contributed by atoms with Crippen LogP contribution < -0.4 is 14.5 Å². The van der Waals surface area contributed by atoms with Gasteiger partial charge >= 0.3 is 0 Å². The Labute approximate surface area is 421 Å². The summed E-state index contributed by atoms with van der Waals surface area (Å²) in [6.45, 7) is 19.3. The van der Waals surface area contributed by atoms with Crippen molar-refractivity contribution in [2.45, 2.75) is 60.8 Å². The number of fused-ring (bicyclic) bond motifs is 7. The summed E-state index contributed by atoms with van der Waals surface area (Å²) in [6, 6.07) is 49.1. The van der Waals surface area contributed by atoms with Crippen LogP contribution in [0.25, 0.3) is 66.8 Å². The van der Waals surface area contributed by atoms with Crippen LogP contribution in [0.3, 0.4) is 0 Å². The summed E-state index contributed by atoms with van der Waals surface area (Å²) < 4.78 is 11.0. The number of aromatic nitrogens is 7. The predicted octanol–water partition coefficient (Wildman–Crippen LogP) is 14.2. The van der Waals surface area contributed by atoms with Gasteiger partial charge in [0.25, 0.3) is 0 Å². The maximum atomic E-state index is 6.64. The maximum Gasteiger partial charge on any atom is 0.239 e. The van der Waals surface area contributed by atoms with Crippen LogP contribution in [0.1, 0.15) is 54.2 Å².